The van der Waals surface area contributed by atoms with E-state index in [0.717, 1.165) is 0 Å². The topological polar surface area (TPSA) is 89.0 Å². The van der Waals surface area contributed by atoms with Crippen LogP contribution in [0.1, 0.15) is 0 Å². The highest BCUT2D eigenvalue weighted by atomic mass is 16.7. The van der Waals surface area contributed by atoms with E-state index in [0.29, 0.717) is 22.9 Å². The highest BCUT2D eigenvalue weighted by Gasteiger charge is 2.08. The number of methoxy groups -OCH3 is 2. The number of ether oxygens (including phenoxy) is 4. The molecule has 0 amide bonds. The first kappa shape index (κ1) is 12.4. The van der Waals surface area contributed by atoms with Crippen LogP contribution in [0.2, 0.25) is 0 Å². The highest BCUT2D eigenvalue weighted by molar-refractivity contribution is 5.70. The summed E-state index contributed by atoms with van der Waals surface area (Å²) in [6.45, 7) is 0.226. The van der Waals surface area contributed by atoms with E-state index in [2.05, 4.69) is 0 Å². The van der Waals surface area contributed by atoms with Gasteiger partial charge in [0, 0.05) is 26.4 Å². The Kier molecular flexibility index (Phi) is 4.68. The molecule has 0 aliphatic heterocycles. The minimum atomic E-state index is 0.0900. The molecule has 0 saturated heterocycles. The smallest absolute Gasteiger partial charge is 0.188 e. The van der Waals surface area contributed by atoms with Gasteiger partial charge < -0.3 is 30.4 Å². The van der Waals surface area contributed by atoms with E-state index in [-0.39, 0.29) is 13.6 Å². The van der Waals surface area contributed by atoms with Gasteiger partial charge in [0.2, 0.25) is 0 Å². The van der Waals surface area contributed by atoms with Crippen LogP contribution < -0.4 is 20.9 Å². The summed E-state index contributed by atoms with van der Waals surface area (Å²) in [6, 6.07) is 3.22. The zero-order valence-corrected chi connectivity index (χ0v) is 9.36. The van der Waals surface area contributed by atoms with Crippen molar-refractivity contribution in [1.29, 1.82) is 0 Å². The standard InChI is InChI=1S/C10H16N2O4/c1-13-5-15-7-3-8(11)10(9(12)4-7)16-6-14-2/h3-4H,5-6,11-12H2,1-2H3. The minimum absolute atomic E-state index is 0.0900. The van der Waals surface area contributed by atoms with Gasteiger partial charge in [0.05, 0.1) is 11.4 Å². The van der Waals surface area contributed by atoms with E-state index in [4.69, 9.17) is 30.4 Å². The lowest BCUT2D eigenvalue weighted by Gasteiger charge is -2.13. The number of rotatable bonds is 6. The van der Waals surface area contributed by atoms with Crippen LogP contribution in [-0.4, -0.2) is 27.8 Å². The van der Waals surface area contributed by atoms with Crippen LogP contribution in [-0.2, 0) is 9.47 Å². The number of nitrogen functional groups attached to an aromatic ring is 2. The average molecular weight is 228 g/mol. The molecular weight excluding hydrogens is 212 g/mol. The molecular formula is C10H16N2O4. The van der Waals surface area contributed by atoms with Crippen LogP contribution >= 0.6 is 0 Å². The van der Waals surface area contributed by atoms with Crippen molar-refractivity contribution < 1.29 is 18.9 Å². The summed E-state index contributed by atoms with van der Waals surface area (Å²) in [4.78, 5) is 0. The molecule has 16 heavy (non-hydrogen) atoms. The molecule has 0 unspecified atom stereocenters. The molecule has 0 radical (unpaired) electrons. The second-order valence-corrected chi connectivity index (χ2v) is 3.03. The summed E-state index contributed by atoms with van der Waals surface area (Å²) < 4.78 is 20.0. The third-order valence-electron chi connectivity index (χ3n) is 1.78. The summed E-state index contributed by atoms with van der Waals surface area (Å²) in [7, 11) is 3.05. The normalized spacial score (nSPS) is 10.1. The van der Waals surface area contributed by atoms with Crippen LogP contribution in [0.25, 0.3) is 0 Å². The fourth-order valence-corrected chi connectivity index (χ4v) is 1.14. The Hall–Kier alpha value is -1.66. The molecule has 6 nitrogen and oxygen atoms in total. The number of anilines is 2. The Morgan fingerprint density at radius 2 is 1.44 bits per heavy atom. The third kappa shape index (κ3) is 3.18. The Labute approximate surface area is 94.0 Å². The molecule has 0 aromatic heterocycles. The summed E-state index contributed by atoms with van der Waals surface area (Å²) in [5.41, 5.74) is 12.3. The van der Waals surface area contributed by atoms with Gasteiger partial charge in [-0.15, -0.1) is 0 Å². The quantitative estimate of drug-likeness (QED) is 0.553. The SMILES string of the molecule is COCOc1cc(N)c(OCOC)c(N)c1. The molecule has 0 aliphatic carbocycles. The van der Waals surface area contributed by atoms with Crippen LogP contribution in [0, 0.1) is 0 Å². The molecule has 1 aromatic carbocycles. The molecule has 6 heteroatoms. The van der Waals surface area contributed by atoms with Crippen LogP contribution in [0.3, 0.4) is 0 Å². The molecule has 1 aromatic rings. The molecule has 90 valence electrons. The predicted octanol–water partition coefficient (Wildman–Crippen LogP) is 0.816. The Morgan fingerprint density at radius 3 is 1.94 bits per heavy atom. The summed E-state index contributed by atoms with van der Waals surface area (Å²) >= 11 is 0. The summed E-state index contributed by atoms with van der Waals surface area (Å²) in [5, 5.41) is 0. The van der Waals surface area contributed by atoms with Gasteiger partial charge in [-0.05, 0) is 0 Å². The molecule has 0 fully saturated rings. The molecule has 0 spiro atoms. The lowest BCUT2D eigenvalue weighted by atomic mass is 10.2. The average Bonchev–Trinajstić information content (AvgIpc) is 2.25. The van der Waals surface area contributed by atoms with Gasteiger partial charge in [0.1, 0.15) is 5.75 Å². The lowest BCUT2D eigenvalue weighted by Crippen LogP contribution is -2.06. The molecule has 4 N–H and O–H groups in total. The molecule has 0 bridgehead atoms. The minimum Gasteiger partial charge on any atom is -0.467 e. The van der Waals surface area contributed by atoms with E-state index in [9.17, 15) is 0 Å². The Bertz CT molecular complexity index is 321. The van der Waals surface area contributed by atoms with Gasteiger partial charge in [-0.3, -0.25) is 0 Å². The maximum Gasteiger partial charge on any atom is 0.188 e. The zero-order chi connectivity index (χ0) is 12.0. The maximum absolute atomic E-state index is 5.75. The molecule has 0 saturated carbocycles. The van der Waals surface area contributed by atoms with E-state index < -0.39 is 0 Å². The zero-order valence-electron chi connectivity index (χ0n) is 9.36. The molecule has 0 atom stereocenters. The summed E-state index contributed by atoms with van der Waals surface area (Å²) in [6.07, 6.45) is 0. The van der Waals surface area contributed by atoms with Crippen molar-refractivity contribution in [3.05, 3.63) is 12.1 Å². The van der Waals surface area contributed by atoms with Crippen molar-refractivity contribution in [1.82, 2.24) is 0 Å². The summed E-state index contributed by atoms with van der Waals surface area (Å²) in [5.74, 6) is 0.924. The second-order valence-electron chi connectivity index (χ2n) is 3.03. The molecule has 0 heterocycles. The van der Waals surface area contributed by atoms with Gasteiger partial charge in [0.15, 0.2) is 19.3 Å². The largest absolute Gasteiger partial charge is 0.467 e. The predicted molar refractivity (Wildman–Crippen MR) is 60.3 cm³/mol. The number of hydrogen-bond donors (Lipinski definition) is 2. The lowest BCUT2D eigenvalue weighted by molar-refractivity contribution is 0.0492. The van der Waals surface area contributed by atoms with Crippen LogP contribution in [0.4, 0.5) is 11.4 Å². The first-order chi connectivity index (χ1) is 7.69. The maximum atomic E-state index is 5.75. The van der Waals surface area contributed by atoms with Crippen molar-refractivity contribution >= 4 is 11.4 Å². The van der Waals surface area contributed by atoms with E-state index in [1.165, 1.54) is 14.2 Å². The Balaban J connectivity index is 2.80. The number of benzene rings is 1. The Morgan fingerprint density at radius 1 is 0.938 bits per heavy atom. The highest BCUT2D eigenvalue weighted by Crippen LogP contribution is 2.33. The van der Waals surface area contributed by atoms with Crippen LogP contribution in [0.5, 0.6) is 11.5 Å². The van der Waals surface area contributed by atoms with E-state index >= 15 is 0 Å². The number of hydrogen-bond acceptors (Lipinski definition) is 6. The van der Waals surface area contributed by atoms with E-state index in [1.807, 2.05) is 0 Å². The van der Waals surface area contributed by atoms with Gasteiger partial charge in [-0.1, -0.05) is 0 Å². The van der Waals surface area contributed by atoms with E-state index in [1.54, 1.807) is 12.1 Å². The fourth-order valence-electron chi connectivity index (χ4n) is 1.14. The number of nitrogens with two attached hydrogens (primary N) is 2. The van der Waals surface area contributed by atoms with Gasteiger partial charge in [0.25, 0.3) is 0 Å². The first-order valence-corrected chi connectivity index (χ1v) is 4.61. The van der Waals surface area contributed by atoms with Crippen molar-refractivity contribution in [3.8, 4) is 11.5 Å². The second kappa shape index (κ2) is 6.04. The third-order valence-corrected chi connectivity index (χ3v) is 1.78. The molecule has 0 aliphatic rings. The van der Waals surface area contributed by atoms with Crippen molar-refractivity contribution in [3.63, 3.8) is 0 Å². The van der Waals surface area contributed by atoms with Gasteiger partial charge in [-0.2, -0.15) is 0 Å². The van der Waals surface area contributed by atoms with Gasteiger partial charge >= 0.3 is 0 Å². The van der Waals surface area contributed by atoms with Crippen molar-refractivity contribution in [2.45, 2.75) is 0 Å². The molecule has 1 rings (SSSR count). The monoisotopic (exact) mass is 228 g/mol. The van der Waals surface area contributed by atoms with Gasteiger partial charge in [-0.25, -0.2) is 0 Å². The first-order valence-electron chi connectivity index (χ1n) is 4.61. The van der Waals surface area contributed by atoms with Crippen molar-refractivity contribution in [2.24, 2.45) is 0 Å². The van der Waals surface area contributed by atoms with Crippen molar-refractivity contribution in [2.75, 3.05) is 39.3 Å². The fraction of sp³-hybridized carbons (Fsp3) is 0.400. The van der Waals surface area contributed by atoms with Crippen LogP contribution in [0.15, 0.2) is 12.1 Å².